The summed E-state index contributed by atoms with van der Waals surface area (Å²) in [5, 5.41) is 14.2. The smallest absolute Gasteiger partial charge is 0.251 e. The molecule has 3 aromatic heterocycles. The Bertz CT molecular complexity index is 1400. The van der Waals surface area contributed by atoms with Crippen LogP contribution in [0.5, 0.6) is 0 Å². The maximum Gasteiger partial charge on any atom is 0.251 e. The largest absolute Gasteiger partial charge is 0.365 e. The standard InChI is InChI=1S/C23H22N6O2S2/c24-20(31)19-14-5-3-7-17(14)33-22(19)26-18(30)11-32-23-28-27-21(29(23)12-8-9-12)15-10-25-16-6-2-1-4-13(15)16/h1-2,4,6,10,12,25H,3,5,7-9,11H2,(H2,24,31)(H,26,30). The van der Waals surface area contributed by atoms with Gasteiger partial charge in [0, 0.05) is 33.6 Å². The van der Waals surface area contributed by atoms with Crippen LogP contribution in [0.15, 0.2) is 35.6 Å². The average molecular weight is 479 g/mol. The number of para-hydroxylation sites is 1. The Morgan fingerprint density at radius 1 is 1.24 bits per heavy atom. The zero-order valence-electron chi connectivity index (χ0n) is 17.8. The molecule has 168 valence electrons. The number of benzene rings is 1. The number of nitrogens with one attached hydrogen (secondary N) is 2. The fourth-order valence-electron chi connectivity index (χ4n) is 4.52. The number of primary amides is 1. The summed E-state index contributed by atoms with van der Waals surface area (Å²) in [6.07, 6.45) is 6.94. The highest BCUT2D eigenvalue weighted by atomic mass is 32.2. The van der Waals surface area contributed by atoms with Crippen LogP contribution in [0, 0.1) is 0 Å². The van der Waals surface area contributed by atoms with Crippen molar-refractivity contribution in [3.63, 3.8) is 0 Å². The number of amides is 2. The molecule has 1 saturated carbocycles. The summed E-state index contributed by atoms with van der Waals surface area (Å²) >= 11 is 2.84. The van der Waals surface area contributed by atoms with Crippen molar-refractivity contribution in [2.45, 2.75) is 43.3 Å². The van der Waals surface area contributed by atoms with Crippen molar-refractivity contribution >= 4 is 50.8 Å². The lowest BCUT2D eigenvalue weighted by molar-refractivity contribution is -0.113. The van der Waals surface area contributed by atoms with Gasteiger partial charge >= 0.3 is 0 Å². The second-order valence-electron chi connectivity index (χ2n) is 8.42. The molecule has 0 aliphatic heterocycles. The highest BCUT2D eigenvalue weighted by molar-refractivity contribution is 7.99. The molecule has 2 amide bonds. The van der Waals surface area contributed by atoms with E-state index in [2.05, 4.69) is 31.1 Å². The van der Waals surface area contributed by atoms with Gasteiger partial charge in [-0.1, -0.05) is 30.0 Å². The molecular formula is C23H22N6O2S2. The molecule has 0 atom stereocenters. The monoisotopic (exact) mass is 478 g/mol. The lowest BCUT2D eigenvalue weighted by Gasteiger charge is -2.09. The minimum absolute atomic E-state index is 0.179. The van der Waals surface area contributed by atoms with Crippen molar-refractivity contribution < 1.29 is 9.59 Å². The van der Waals surface area contributed by atoms with Gasteiger partial charge in [0.25, 0.3) is 5.91 Å². The Balaban J connectivity index is 1.22. The van der Waals surface area contributed by atoms with Gasteiger partial charge in [0.1, 0.15) is 5.00 Å². The summed E-state index contributed by atoms with van der Waals surface area (Å²) in [5.41, 5.74) is 9.17. The second-order valence-corrected chi connectivity index (χ2v) is 10.5. The van der Waals surface area contributed by atoms with E-state index in [1.54, 1.807) is 0 Å². The Morgan fingerprint density at radius 2 is 2.09 bits per heavy atom. The van der Waals surface area contributed by atoms with Gasteiger partial charge in [-0.25, -0.2) is 0 Å². The molecule has 1 fully saturated rings. The van der Waals surface area contributed by atoms with Crippen molar-refractivity contribution in [2.75, 3.05) is 11.1 Å². The highest BCUT2D eigenvalue weighted by Gasteiger charge is 2.31. The third kappa shape index (κ3) is 3.63. The Labute approximate surface area is 198 Å². The molecule has 0 saturated heterocycles. The number of aromatic amines is 1. The lowest BCUT2D eigenvalue weighted by Crippen LogP contribution is -2.19. The first-order valence-electron chi connectivity index (χ1n) is 11.0. The van der Waals surface area contributed by atoms with E-state index in [0.29, 0.717) is 16.6 Å². The molecule has 4 N–H and O–H groups in total. The zero-order chi connectivity index (χ0) is 22.5. The minimum atomic E-state index is -0.478. The molecule has 1 aromatic carbocycles. The molecule has 8 nitrogen and oxygen atoms in total. The molecule has 6 rings (SSSR count). The number of fused-ring (bicyclic) bond motifs is 2. The minimum Gasteiger partial charge on any atom is -0.365 e. The van der Waals surface area contributed by atoms with Crippen LogP contribution in [0.25, 0.3) is 22.3 Å². The van der Waals surface area contributed by atoms with E-state index < -0.39 is 5.91 Å². The molecule has 4 aromatic rings. The first kappa shape index (κ1) is 20.5. The topological polar surface area (TPSA) is 119 Å². The molecular weight excluding hydrogens is 456 g/mol. The van der Waals surface area contributed by atoms with Crippen molar-refractivity contribution in [3.8, 4) is 11.4 Å². The summed E-state index contributed by atoms with van der Waals surface area (Å²) in [7, 11) is 0. The normalized spacial score (nSPS) is 15.2. The van der Waals surface area contributed by atoms with E-state index in [4.69, 9.17) is 5.73 Å². The van der Waals surface area contributed by atoms with Crippen LogP contribution < -0.4 is 11.1 Å². The fraction of sp³-hybridized carbons (Fsp3) is 0.304. The lowest BCUT2D eigenvalue weighted by atomic mass is 10.1. The Morgan fingerprint density at radius 3 is 2.91 bits per heavy atom. The number of thioether (sulfide) groups is 1. The van der Waals surface area contributed by atoms with Crippen LogP contribution in [0.4, 0.5) is 5.00 Å². The van der Waals surface area contributed by atoms with Crippen molar-refractivity contribution in [1.29, 1.82) is 0 Å². The number of aromatic nitrogens is 4. The number of rotatable bonds is 7. The van der Waals surface area contributed by atoms with Crippen LogP contribution in [-0.4, -0.2) is 37.3 Å². The molecule has 2 aliphatic rings. The Kier molecular flexibility index (Phi) is 4.99. The molecule has 0 radical (unpaired) electrons. The van der Waals surface area contributed by atoms with Crippen LogP contribution >= 0.6 is 23.1 Å². The number of aryl methyl sites for hydroxylation is 1. The SMILES string of the molecule is NC(=O)c1c(NC(=O)CSc2nnc(-c3c[nH]c4ccccc34)n2C2CC2)sc2c1CCC2. The van der Waals surface area contributed by atoms with Gasteiger partial charge < -0.3 is 16.0 Å². The molecule has 0 unspecified atom stereocenters. The van der Waals surface area contributed by atoms with E-state index in [9.17, 15) is 9.59 Å². The number of carbonyl (C=O) groups is 2. The van der Waals surface area contributed by atoms with Gasteiger partial charge in [-0.2, -0.15) is 0 Å². The number of thiophene rings is 1. The van der Waals surface area contributed by atoms with Crippen molar-refractivity contribution in [2.24, 2.45) is 5.73 Å². The van der Waals surface area contributed by atoms with Crippen molar-refractivity contribution in [3.05, 3.63) is 46.5 Å². The summed E-state index contributed by atoms with van der Waals surface area (Å²) in [5.74, 6) is 0.346. The van der Waals surface area contributed by atoms with Gasteiger partial charge in [0.05, 0.1) is 11.3 Å². The number of carbonyl (C=O) groups excluding carboxylic acids is 2. The predicted octanol–water partition coefficient (Wildman–Crippen LogP) is 4.14. The maximum absolute atomic E-state index is 12.8. The molecule has 33 heavy (non-hydrogen) atoms. The van der Waals surface area contributed by atoms with E-state index in [0.717, 1.165) is 70.0 Å². The Hall–Kier alpha value is -3.11. The predicted molar refractivity (Wildman–Crippen MR) is 130 cm³/mol. The van der Waals surface area contributed by atoms with Crippen molar-refractivity contribution in [1.82, 2.24) is 19.7 Å². The van der Waals surface area contributed by atoms with E-state index in [1.807, 2.05) is 24.4 Å². The van der Waals surface area contributed by atoms with Crippen LogP contribution in [0.3, 0.4) is 0 Å². The van der Waals surface area contributed by atoms with Crippen LogP contribution in [-0.2, 0) is 17.6 Å². The van der Waals surface area contributed by atoms with Gasteiger partial charge in [0.15, 0.2) is 11.0 Å². The fourth-order valence-corrected chi connectivity index (χ4v) is 6.64. The zero-order valence-corrected chi connectivity index (χ0v) is 19.4. The summed E-state index contributed by atoms with van der Waals surface area (Å²) < 4.78 is 2.15. The molecule has 3 heterocycles. The molecule has 2 aliphatic carbocycles. The summed E-state index contributed by atoms with van der Waals surface area (Å²) in [6, 6.07) is 8.48. The number of anilines is 1. The first-order chi connectivity index (χ1) is 16.1. The summed E-state index contributed by atoms with van der Waals surface area (Å²) in [4.78, 5) is 29.2. The molecule has 0 bridgehead atoms. The number of nitrogens with two attached hydrogens (primary N) is 1. The van der Waals surface area contributed by atoms with E-state index in [1.165, 1.54) is 23.1 Å². The van der Waals surface area contributed by atoms with Gasteiger partial charge in [-0.3, -0.25) is 14.2 Å². The third-order valence-electron chi connectivity index (χ3n) is 6.16. The van der Waals surface area contributed by atoms with E-state index in [-0.39, 0.29) is 11.7 Å². The van der Waals surface area contributed by atoms with Gasteiger partial charge in [-0.05, 0) is 43.7 Å². The van der Waals surface area contributed by atoms with Crippen LogP contribution in [0.1, 0.15) is 46.1 Å². The molecule has 10 heteroatoms. The van der Waals surface area contributed by atoms with E-state index >= 15 is 0 Å². The second kappa shape index (κ2) is 8.03. The molecule has 0 spiro atoms. The number of nitrogens with zero attached hydrogens (tertiary/aromatic N) is 3. The number of H-pyrrole nitrogens is 1. The van der Waals surface area contributed by atoms with Gasteiger partial charge in [-0.15, -0.1) is 21.5 Å². The van der Waals surface area contributed by atoms with Crippen LogP contribution in [0.2, 0.25) is 0 Å². The first-order valence-corrected chi connectivity index (χ1v) is 12.8. The average Bonchev–Trinajstić information content (AvgIpc) is 3.14. The number of hydrogen-bond acceptors (Lipinski definition) is 6. The summed E-state index contributed by atoms with van der Waals surface area (Å²) in [6.45, 7) is 0. The third-order valence-corrected chi connectivity index (χ3v) is 8.31. The maximum atomic E-state index is 12.8. The van der Waals surface area contributed by atoms with Gasteiger partial charge in [0.2, 0.25) is 5.91 Å². The quantitative estimate of drug-likeness (QED) is 0.345. The highest BCUT2D eigenvalue weighted by Crippen LogP contribution is 2.42. The number of hydrogen-bond donors (Lipinski definition) is 3.